The third kappa shape index (κ3) is 2.67. The van der Waals surface area contributed by atoms with E-state index in [0.717, 1.165) is 60.1 Å². The largest absolute Gasteiger partial charge is 0.347 e. The van der Waals surface area contributed by atoms with Gasteiger partial charge in [-0.15, -0.1) is 0 Å². The van der Waals surface area contributed by atoms with Gasteiger partial charge in [-0.05, 0) is 43.0 Å². The minimum Gasteiger partial charge on any atom is -0.347 e. The van der Waals surface area contributed by atoms with Gasteiger partial charge in [0.15, 0.2) is 0 Å². The molecule has 2 heterocycles. The van der Waals surface area contributed by atoms with Gasteiger partial charge in [-0.1, -0.05) is 36.4 Å². The smallest absolute Gasteiger partial charge is 0.254 e. The molecule has 1 atom stereocenters. The minimum absolute atomic E-state index is 0.0798. The van der Waals surface area contributed by atoms with E-state index in [0.29, 0.717) is 0 Å². The Bertz CT molecular complexity index is 1090. The van der Waals surface area contributed by atoms with E-state index in [2.05, 4.69) is 22.8 Å². The number of halogens is 1. The van der Waals surface area contributed by atoms with Crippen molar-refractivity contribution < 1.29 is 9.18 Å². The summed E-state index contributed by atoms with van der Waals surface area (Å²) in [5.41, 5.74) is 4.94. The zero-order valence-corrected chi connectivity index (χ0v) is 16.0. The van der Waals surface area contributed by atoms with Crippen LogP contribution in [0.15, 0.2) is 54.6 Å². The van der Waals surface area contributed by atoms with Crippen molar-refractivity contribution in [2.45, 2.75) is 25.2 Å². The fourth-order valence-corrected chi connectivity index (χ4v) is 4.74. The molecule has 2 aromatic carbocycles. The van der Waals surface area contributed by atoms with E-state index in [4.69, 9.17) is 0 Å². The van der Waals surface area contributed by atoms with Gasteiger partial charge in [-0.2, -0.15) is 0 Å². The maximum Gasteiger partial charge on any atom is 0.254 e. The molecule has 0 bridgehead atoms. The summed E-state index contributed by atoms with van der Waals surface area (Å²) in [6, 6.07) is 15.2. The van der Waals surface area contributed by atoms with Crippen molar-refractivity contribution in [3.63, 3.8) is 0 Å². The molecule has 0 saturated carbocycles. The Balaban J connectivity index is 1.71. The van der Waals surface area contributed by atoms with Gasteiger partial charge in [-0.3, -0.25) is 4.79 Å². The average molecular weight is 374 g/mol. The molecule has 0 radical (unpaired) electrons. The molecule has 3 nitrogen and oxygen atoms in total. The molecule has 1 fully saturated rings. The molecule has 1 aliphatic carbocycles. The molecule has 4 heteroatoms. The van der Waals surface area contributed by atoms with Gasteiger partial charge in [0, 0.05) is 53.8 Å². The molecule has 1 saturated heterocycles. The van der Waals surface area contributed by atoms with Gasteiger partial charge in [0.1, 0.15) is 5.82 Å². The number of rotatable bonds is 2. The lowest BCUT2D eigenvalue weighted by atomic mass is 9.83. The highest BCUT2D eigenvalue weighted by Gasteiger charge is 2.32. The number of allylic oxidation sites excluding steroid dienone is 1. The van der Waals surface area contributed by atoms with Crippen LogP contribution in [0.3, 0.4) is 0 Å². The maximum atomic E-state index is 14.1. The summed E-state index contributed by atoms with van der Waals surface area (Å²) in [5, 5.41) is 0.836. The Labute approximate surface area is 164 Å². The van der Waals surface area contributed by atoms with E-state index >= 15 is 0 Å². The van der Waals surface area contributed by atoms with Crippen molar-refractivity contribution in [1.82, 2.24) is 9.47 Å². The van der Waals surface area contributed by atoms with E-state index in [-0.39, 0.29) is 17.6 Å². The molecule has 0 spiro atoms. The van der Waals surface area contributed by atoms with Crippen molar-refractivity contribution in [3.05, 3.63) is 77.2 Å². The van der Waals surface area contributed by atoms with Crippen LogP contribution in [-0.4, -0.2) is 28.5 Å². The van der Waals surface area contributed by atoms with Crippen molar-refractivity contribution in [2.24, 2.45) is 7.05 Å². The SMILES string of the molecule is Cn1c2c(c3cc(F)ccc31)C(C(=O)N1CCCC1)=CC(c1ccccc1)C2. The Morgan fingerprint density at radius 1 is 1.07 bits per heavy atom. The number of hydrogen-bond donors (Lipinski definition) is 0. The highest BCUT2D eigenvalue weighted by atomic mass is 19.1. The monoisotopic (exact) mass is 374 g/mol. The number of hydrogen-bond acceptors (Lipinski definition) is 1. The average Bonchev–Trinajstić information content (AvgIpc) is 3.35. The van der Waals surface area contributed by atoms with Gasteiger partial charge in [0.2, 0.25) is 0 Å². The predicted molar refractivity (Wildman–Crippen MR) is 110 cm³/mol. The Morgan fingerprint density at radius 2 is 1.82 bits per heavy atom. The summed E-state index contributed by atoms with van der Waals surface area (Å²) in [7, 11) is 2.02. The third-order valence-electron chi connectivity index (χ3n) is 6.18. The summed E-state index contributed by atoms with van der Waals surface area (Å²) in [6.07, 6.45) is 5.03. The zero-order chi connectivity index (χ0) is 19.3. The molecular weight excluding hydrogens is 351 g/mol. The molecule has 1 amide bonds. The number of likely N-dealkylation sites (tertiary alicyclic amines) is 1. The number of aromatic nitrogens is 1. The minimum atomic E-state index is -0.265. The van der Waals surface area contributed by atoms with E-state index in [1.165, 1.54) is 11.6 Å². The molecule has 3 aromatic rings. The number of carbonyl (C=O) groups excluding carboxylic acids is 1. The quantitative estimate of drug-likeness (QED) is 0.640. The van der Waals surface area contributed by atoms with Crippen LogP contribution in [0.4, 0.5) is 4.39 Å². The molecule has 142 valence electrons. The first-order chi connectivity index (χ1) is 13.6. The predicted octanol–water partition coefficient (Wildman–Crippen LogP) is 4.66. The molecule has 2 aliphatic rings. The van der Waals surface area contributed by atoms with Crippen molar-refractivity contribution in [1.29, 1.82) is 0 Å². The van der Waals surface area contributed by atoms with Gasteiger partial charge in [0.05, 0.1) is 0 Å². The Hall–Kier alpha value is -2.88. The number of aryl methyl sites for hydroxylation is 1. The van der Waals surface area contributed by atoms with Gasteiger partial charge >= 0.3 is 0 Å². The van der Waals surface area contributed by atoms with Crippen LogP contribution < -0.4 is 0 Å². The lowest BCUT2D eigenvalue weighted by Gasteiger charge is -2.26. The Morgan fingerprint density at radius 3 is 2.57 bits per heavy atom. The van der Waals surface area contributed by atoms with Gasteiger partial charge < -0.3 is 9.47 Å². The summed E-state index contributed by atoms with van der Waals surface area (Å²) in [4.78, 5) is 15.4. The summed E-state index contributed by atoms with van der Waals surface area (Å²) < 4.78 is 16.2. The van der Waals surface area contributed by atoms with E-state index < -0.39 is 0 Å². The maximum absolute atomic E-state index is 14.1. The zero-order valence-electron chi connectivity index (χ0n) is 16.0. The second kappa shape index (κ2) is 6.62. The number of amides is 1. The molecule has 28 heavy (non-hydrogen) atoms. The number of nitrogens with zero attached hydrogens (tertiary/aromatic N) is 2. The number of carbonyl (C=O) groups is 1. The number of benzene rings is 2. The molecule has 5 rings (SSSR count). The fourth-order valence-electron chi connectivity index (χ4n) is 4.74. The van der Waals surface area contributed by atoms with E-state index in [1.807, 2.05) is 36.2 Å². The highest BCUT2D eigenvalue weighted by molar-refractivity contribution is 6.24. The van der Waals surface area contributed by atoms with Crippen LogP contribution in [0, 0.1) is 5.82 Å². The second-order valence-electron chi connectivity index (χ2n) is 7.84. The van der Waals surface area contributed by atoms with Crippen molar-refractivity contribution in [3.8, 4) is 0 Å². The first-order valence-corrected chi connectivity index (χ1v) is 9.96. The molecule has 1 aliphatic heterocycles. The fraction of sp³-hybridized carbons (Fsp3) is 0.292. The summed E-state index contributed by atoms with van der Waals surface area (Å²) >= 11 is 0. The standard InChI is InChI=1S/C24H23FN2O/c1-26-21-10-9-18(25)15-19(21)23-20(24(28)27-11-5-6-12-27)13-17(14-22(23)26)16-7-3-2-4-8-16/h2-4,7-10,13,15,17H,5-6,11-12,14H2,1H3. The van der Waals surface area contributed by atoms with Gasteiger partial charge in [-0.25, -0.2) is 4.39 Å². The molecule has 0 N–H and O–H groups in total. The summed E-state index contributed by atoms with van der Waals surface area (Å²) in [6.45, 7) is 1.61. The molecule has 1 unspecified atom stereocenters. The van der Waals surface area contributed by atoms with Crippen molar-refractivity contribution in [2.75, 3.05) is 13.1 Å². The van der Waals surface area contributed by atoms with Crippen LogP contribution in [0.5, 0.6) is 0 Å². The Kier molecular flexibility index (Phi) is 4.08. The normalized spacial score (nSPS) is 19.0. The molecular formula is C24H23FN2O. The molecule has 1 aromatic heterocycles. The first kappa shape index (κ1) is 17.2. The van der Waals surface area contributed by atoms with Crippen LogP contribution in [-0.2, 0) is 18.3 Å². The van der Waals surface area contributed by atoms with Crippen LogP contribution in [0.25, 0.3) is 16.5 Å². The third-order valence-corrected chi connectivity index (χ3v) is 6.18. The number of fused-ring (bicyclic) bond motifs is 3. The second-order valence-corrected chi connectivity index (χ2v) is 7.84. The van der Waals surface area contributed by atoms with Crippen molar-refractivity contribution >= 4 is 22.4 Å². The lowest BCUT2D eigenvalue weighted by Crippen LogP contribution is -2.30. The van der Waals surface area contributed by atoms with E-state index in [1.54, 1.807) is 6.07 Å². The topological polar surface area (TPSA) is 25.2 Å². The van der Waals surface area contributed by atoms with Crippen LogP contribution in [0.1, 0.15) is 35.6 Å². The van der Waals surface area contributed by atoms with Crippen LogP contribution >= 0.6 is 0 Å². The van der Waals surface area contributed by atoms with Crippen LogP contribution in [0.2, 0.25) is 0 Å². The lowest BCUT2D eigenvalue weighted by molar-refractivity contribution is -0.124. The van der Waals surface area contributed by atoms with Gasteiger partial charge in [0.25, 0.3) is 5.91 Å². The highest BCUT2D eigenvalue weighted by Crippen LogP contribution is 2.41. The van der Waals surface area contributed by atoms with E-state index in [9.17, 15) is 9.18 Å². The first-order valence-electron chi connectivity index (χ1n) is 9.96. The summed E-state index contributed by atoms with van der Waals surface area (Å²) in [5.74, 6) is -0.0432.